The van der Waals surface area contributed by atoms with Crippen LogP contribution in [0.4, 0.5) is 0 Å². The Morgan fingerprint density at radius 1 is 1.35 bits per heavy atom. The SMILES string of the molecule is Cn1ccc([C@@H]2CCCCCN2C(=O)c2cccs2)n1. The van der Waals surface area contributed by atoms with Gasteiger partial charge in [-0.3, -0.25) is 9.48 Å². The number of rotatable bonds is 2. The third-order valence-electron chi connectivity index (χ3n) is 3.82. The van der Waals surface area contributed by atoms with Crippen LogP contribution in [-0.2, 0) is 7.05 Å². The fourth-order valence-corrected chi connectivity index (χ4v) is 3.49. The highest BCUT2D eigenvalue weighted by molar-refractivity contribution is 7.12. The highest BCUT2D eigenvalue weighted by Gasteiger charge is 2.29. The van der Waals surface area contributed by atoms with E-state index in [1.54, 1.807) is 0 Å². The van der Waals surface area contributed by atoms with Crippen LogP contribution in [0.3, 0.4) is 0 Å². The van der Waals surface area contributed by atoms with Crippen molar-refractivity contribution in [3.63, 3.8) is 0 Å². The minimum absolute atomic E-state index is 0.119. The second-order valence-electron chi connectivity index (χ2n) is 5.26. The number of hydrogen-bond acceptors (Lipinski definition) is 3. The standard InChI is InChI=1S/C15H19N3OS/c1-17-10-8-12(16-17)13-6-3-2-4-9-18(13)15(19)14-7-5-11-20-14/h5,7-8,10-11,13H,2-4,6,9H2,1H3/t13-/m0/s1. The maximum absolute atomic E-state index is 12.7. The van der Waals surface area contributed by atoms with E-state index in [1.807, 2.05) is 46.4 Å². The molecule has 20 heavy (non-hydrogen) atoms. The normalized spacial score (nSPS) is 19.9. The second-order valence-corrected chi connectivity index (χ2v) is 6.20. The van der Waals surface area contributed by atoms with E-state index in [0.29, 0.717) is 0 Å². The average molecular weight is 289 g/mol. The molecule has 0 N–H and O–H groups in total. The summed E-state index contributed by atoms with van der Waals surface area (Å²) < 4.78 is 1.81. The molecule has 0 unspecified atom stereocenters. The van der Waals surface area contributed by atoms with Crippen molar-refractivity contribution < 1.29 is 4.79 Å². The molecule has 0 aliphatic carbocycles. The largest absolute Gasteiger partial charge is 0.329 e. The Morgan fingerprint density at radius 2 is 2.25 bits per heavy atom. The van der Waals surface area contributed by atoms with Crippen molar-refractivity contribution in [1.29, 1.82) is 0 Å². The van der Waals surface area contributed by atoms with E-state index in [9.17, 15) is 4.79 Å². The molecule has 3 rings (SSSR count). The summed E-state index contributed by atoms with van der Waals surface area (Å²) in [6.45, 7) is 0.831. The van der Waals surface area contributed by atoms with Gasteiger partial charge in [0.25, 0.3) is 5.91 Å². The number of carbonyl (C=O) groups excluding carboxylic acids is 1. The summed E-state index contributed by atoms with van der Waals surface area (Å²) in [4.78, 5) is 15.5. The Kier molecular flexibility index (Phi) is 3.87. The van der Waals surface area contributed by atoms with Crippen molar-refractivity contribution in [1.82, 2.24) is 14.7 Å². The average Bonchev–Trinajstić information content (AvgIpc) is 3.05. The van der Waals surface area contributed by atoms with Crippen LogP contribution in [0.2, 0.25) is 0 Å². The zero-order chi connectivity index (χ0) is 13.9. The van der Waals surface area contributed by atoms with Crippen LogP contribution in [0.5, 0.6) is 0 Å². The lowest BCUT2D eigenvalue weighted by molar-refractivity contribution is 0.0681. The molecule has 1 amide bonds. The molecule has 2 aromatic rings. The van der Waals surface area contributed by atoms with Crippen molar-refractivity contribution >= 4 is 17.2 Å². The molecule has 0 bridgehead atoms. The Bertz CT molecular complexity index is 576. The van der Waals surface area contributed by atoms with Gasteiger partial charge in [0.1, 0.15) is 0 Å². The number of hydrogen-bond donors (Lipinski definition) is 0. The predicted octanol–water partition coefficient (Wildman–Crippen LogP) is 3.24. The first kappa shape index (κ1) is 13.4. The molecule has 0 radical (unpaired) electrons. The van der Waals surface area contributed by atoms with E-state index in [4.69, 9.17) is 0 Å². The molecule has 5 heteroatoms. The number of amides is 1. The molecule has 4 nitrogen and oxygen atoms in total. The number of thiophene rings is 1. The number of aryl methyl sites for hydroxylation is 1. The number of likely N-dealkylation sites (tertiary alicyclic amines) is 1. The van der Waals surface area contributed by atoms with Gasteiger partial charge in [-0.25, -0.2) is 0 Å². The monoisotopic (exact) mass is 289 g/mol. The lowest BCUT2D eigenvalue weighted by Crippen LogP contribution is -2.34. The molecule has 1 aliphatic rings. The van der Waals surface area contributed by atoms with Crippen LogP contribution >= 0.6 is 11.3 Å². The summed E-state index contributed by atoms with van der Waals surface area (Å²) in [6, 6.07) is 6.00. The molecule has 2 aromatic heterocycles. The number of aromatic nitrogens is 2. The summed E-state index contributed by atoms with van der Waals surface area (Å²) in [5.74, 6) is 0.151. The van der Waals surface area contributed by atoms with Gasteiger partial charge in [0.05, 0.1) is 16.6 Å². The molecule has 1 atom stereocenters. The summed E-state index contributed by atoms with van der Waals surface area (Å²) >= 11 is 1.52. The summed E-state index contributed by atoms with van der Waals surface area (Å²) in [6.07, 6.45) is 6.40. The molecule has 3 heterocycles. The molecular weight excluding hydrogens is 270 g/mol. The maximum Gasteiger partial charge on any atom is 0.264 e. The van der Waals surface area contributed by atoms with Crippen LogP contribution < -0.4 is 0 Å². The minimum Gasteiger partial charge on any atom is -0.329 e. The highest BCUT2D eigenvalue weighted by Crippen LogP contribution is 2.31. The van der Waals surface area contributed by atoms with E-state index in [2.05, 4.69) is 5.10 Å². The van der Waals surface area contributed by atoms with Gasteiger partial charge in [0.15, 0.2) is 0 Å². The lowest BCUT2D eigenvalue weighted by Gasteiger charge is -2.28. The zero-order valence-corrected chi connectivity index (χ0v) is 12.5. The van der Waals surface area contributed by atoms with Gasteiger partial charge < -0.3 is 4.90 Å². The fraction of sp³-hybridized carbons (Fsp3) is 0.467. The summed E-state index contributed by atoms with van der Waals surface area (Å²) in [5, 5.41) is 6.48. The smallest absolute Gasteiger partial charge is 0.264 e. The van der Waals surface area contributed by atoms with Crippen molar-refractivity contribution in [2.24, 2.45) is 7.05 Å². The third-order valence-corrected chi connectivity index (χ3v) is 4.68. The number of carbonyl (C=O) groups is 1. The highest BCUT2D eigenvalue weighted by atomic mass is 32.1. The van der Waals surface area contributed by atoms with Crippen molar-refractivity contribution in [2.75, 3.05) is 6.54 Å². The molecule has 0 aromatic carbocycles. The number of nitrogens with zero attached hydrogens (tertiary/aromatic N) is 3. The van der Waals surface area contributed by atoms with Gasteiger partial charge in [0, 0.05) is 19.8 Å². The summed E-state index contributed by atoms with van der Waals surface area (Å²) in [7, 11) is 1.92. The molecule has 0 spiro atoms. The zero-order valence-electron chi connectivity index (χ0n) is 11.7. The first-order chi connectivity index (χ1) is 9.75. The van der Waals surface area contributed by atoms with E-state index < -0.39 is 0 Å². The maximum atomic E-state index is 12.7. The van der Waals surface area contributed by atoms with Crippen LogP contribution in [-0.4, -0.2) is 27.1 Å². The van der Waals surface area contributed by atoms with Crippen LogP contribution in [0.15, 0.2) is 29.8 Å². The Hall–Kier alpha value is -1.62. The van der Waals surface area contributed by atoms with E-state index in [-0.39, 0.29) is 11.9 Å². The van der Waals surface area contributed by atoms with Gasteiger partial charge >= 0.3 is 0 Å². The van der Waals surface area contributed by atoms with Gasteiger partial charge in [-0.2, -0.15) is 5.10 Å². The van der Waals surface area contributed by atoms with Crippen LogP contribution in [0.1, 0.15) is 47.1 Å². The summed E-state index contributed by atoms with van der Waals surface area (Å²) in [5.41, 5.74) is 1.01. The van der Waals surface area contributed by atoms with Crippen molar-refractivity contribution in [2.45, 2.75) is 31.7 Å². The lowest BCUT2D eigenvalue weighted by atomic mass is 10.1. The first-order valence-electron chi connectivity index (χ1n) is 7.10. The van der Waals surface area contributed by atoms with E-state index in [0.717, 1.165) is 36.4 Å². The van der Waals surface area contributed by atoms with Crippen LogP contribution in [0.25, 0.3) is 0 Å². The Morgan fingerprint density at radius 3 is 2.95 bits per heavy atom. The topological polar surface area (TPSA) is 38.1 Å². The molecule has 1 fully saturated rings. The Balaban J connectivity index is 1.89. The van der Waals surface area contributed by atoms with Crippen LogP contribution in [0, 0.1) is 0 Å². The van der Waals surface area contributed by atoms with E-state index >= 15 is 0 Å². The van der Waals surface area contributed by atoms with E-state index in [1.165, 1.54) is 17.8 Å². The minimum atomic E-state index is 0.119. The quantitative estimate of drug-likeness (QED) is 0.851. The molecular formula is C15H19N3OS. The van der Waals surface area contributed by atoms with Gasteiger partial charge in [-0.05, 0) is 30.4 Å². The second kappa shape index (κ2) is 5.79. The van der Waals surface area contributed by atoms with Crippen molar-refractivity contribution in [3.8, 4) is 0 Å². The molecule has 1 aliphatic heterocycles. The van der Waals surface area contributed by atoms with Gasteiger partial charge in [-0.15, -0.1) is 11.3 Å². The fourth-order valence-electron chi connectivity index (χ4n) is 2.81. The van der Waals surface area contributed by atoms with Gasteiger partial charge in [-0.1, -0.05) is 18.9 Å². The molecule has 1 saturated heterocycles. The predicted molar refractivity (Wildman–Crippen MR) is 79.8 cm³/mol. The van der Waals surface area contributed by atoms with Gasteiger partial charge in [0.2, 0.25) is 0 Å². The third kappa shape index (κ3) is 2.63. The van der Waals surface area contributed by atoms with Crippen molar-refractivity contribution in [3.05, 3.63) is 40.3 Å². The molecule has 106 valence electrons. The molecule has 0 saturated carbocycles. The Labute approximate surface area is 123 Å². The first-order valence-corrected chi connectivity index (χ1v) is 7.97.